The van der Waals surface area contributed by atoms with Gasteiger partial charge in [0.1, 0.15) is 0 Å². The minimum atomic E-state index is 0.219. The summed E-state index contributed by atoms with van der Waals surface area (Å²) in [5.41, 5.74) is 1.28. The van der Waals surface area contributed by atoms with E-state index in [0.29, 0.717) is 6.10 Å². The average Bonchev–Trinajstić information content (AvgIpc) is 2.37. The van der Waals surface area contributed by atoms with Crippen LogP contribution in [0.1, 0.15) is 44.3 Å². The molecular formula is C15H20BrIO. The van der Waals surface area contributed by atoms with Crippen molar-refractivity contribution in [3.05, 3.63) is 34.3 Å². The van der Waals surface area contributed by atoms with Crippen molar-refractivity contribution in [2.45, 2.75) is 44.8 Å². The number of benzene rings is 1. The number of hydrogen-bond acceptors (Lipinski definition) is 1. The van der Waals surface area contributed by atoms with Crippen LogP contribution in [0, 0.1) is 5.92 Å². The molecule has 1 aromatic rings. The summed E-state index contributed by atoms with van der Waals surface area (Å²) in [7, 11) is 0. The fourth-order valence-corrected chi connectivity index (χ4v) is 3.89. The molecule has 0 N–H and O–H groups in total. The fourth-order valence-electron chi connectivity index (χ4n) is 2.66. The third kappa shape index (κ3) is 3.94. The van der Waals surface area contributed by atoms with Gasteiger partial charge in [0.15, 0.2) is 0 Å². The summed E-state index contributed by atoms with van der Waals surface area (Å²) in [6.45, 7) is 2.34. The van der Waals surface area contributed by atoms with Crippen molar-refractivity contribution < 1.29 is 4.74 Å². The Balaban J connectivity index is 2.03. The van der Waals surface area contributed by atoms with Crippen LogP contribution < -0.4 is 0 Å². The highest BCUT2D eigenvalue weighted by Crippen LogP contribution is 2.33. The summed E-state index contributed by atoms with van der Waals surface area (Å²) in [6.07, 6.45) is 5.79. The van der Waals surface area contributed by atoms with E-state index < -0.39 is 0 Å². The van der Waals surface area contributed by atoms with E-state index >= 15 is 0 Å². The van der Waals surface area contributed by atoms with Crippen LogP contribution in [0.15, 0.2) is 28.7 Å². The molecule has 3 atom stereocenters. The van der Waals surface area contributed by atoms with Crippen LogP contribution in [-0.2, 0) is 4.74 Å². The van der Waals surface area contributed by atoms with Crippen molar-refractivity contribution in [2.24, 2.45) is 5.92 Å². The van der Waals surface area contributed by atoms with Gasteiger partial charge in [-0.15, -0.1) is 0 Å². The molecule has 18 heavy (non-hydrogen) atoms. The van der Waals surface area contributed by atoms with Gasteiger partial charge in [-0.3, -0.25) is 0 Å². The van der Waals surface area contributed by atoms with Crippen LogP contribution in [0.4, 0.5) is 0 Å². The maximum atomic E-state index is 6.34. The first kappa shape index (κ1) is 14.8. The first-order chi connectivity index (χ1) is 8.70. The SMILES string of the molecule is CC1CCCC(OC(CI)c2ccccc2Br)C1. The highest BCUT2D eigenvalue weighted by atomic mass is 127. The summed E-state index contributed by atoms with van der Waals surface area (Å²) in [5, 5.41) is 0. The molecule has 0 aromatic heterocycles. The molecule has 0 saturated heterocycles. The van der Waals surface area contributed by atoms with Crippen molar-refractivity contribution in [3.8, 4) is 0 Å². The van der Waals surface area contributed by atoms with Crippen molar-refractivity contribution in [1.82, 2.24) is 0 Å². The third-order valence-corrected chi connectivity index (χ3v) is 5.16. The lowest BCUT2D eigenvalue weighted by Crippen LogP contribution is -2.24. The van der Waals surface area contributed by atoms with E-state index in [4.69, 9.17) is 4.74 Å². The van der Waals surface area contributed by atoms with E-state index in [9.17, 15) is 0 Å². The molecule has 1 nitrogen and oxygen atoms in total. The summed E-state index contributed by atoms with van der Waals surface area (Å²) in [4.78, 5) is 0. The van der Waals surface area contributed by atoms with E-state index in [1.165, 1.54) is 31.2 Å². The number of halogens is 2. The largest absolute Gasteiger partial charge is 0.369 e. The van der Waals surface area contributed by atoms with Crippen LogP contribution in [-0.4, -0.2) is 10.5 Å². The molecule has 3 unspecified atom stereocenters. The summed E-state index contributed by atoms with van der Waals surface area (Å²) in [5.74, 6) is 0.817. The van der Waals surface area contributed by atoms with Gasteiger partial charge in [0, 0.05) is 8.90 Å². The highest BCUT2D eigenvalue weighted by molar-refractivity contribution is 14.1. The molecule has 0 spiro atoms. The zero-order valence-electron chi connectivity index (χ0n) is 10.7. The predicted molar refractivity (Wildman–Crippen MR) is 88.3 cm³/mol. The standard InChI is InChI=1S/C15H20BrIO/c1-11-5-4-6-12(9-11)18-15(10-17)13-7-2-3-8-14(13)16/h2-3,7-8,11-12,15H,4-6,9-10H2,1H3. The molecule has 2 rings (SSSR count). The van der Waals surface area contributed by atoms with Crippen molar-refractivity contribution in [1.29, 1.82) is 0 Å². The second kappa shape index (κ2) is 7.25. The predicted octanol–water partition coefficient (Wildman–Crippen LogP) is 5.52. The molecule has 0 amide bonds. The van der Waals surface area contributed by atoms with Gasteiger partial charge in [0.2, 0.25) is 0 Å². The van der Waals surface area contributed by atoms with Crippen molar-refractivity contribution in [2.75, 3.05) is 4.43 Å². The van der Waals surface area contributed by atoms with E-state index in [2.05, 4.69) is 69.7 Å². The molecule has 0 heterocycles. The Kier molecular flexibility index (Phi) is 5.96. The fraction of sp³-hybridized carbons (Fsp3) is 0.600. The average molecular weight is 423 g/mol. The molecule has 1 saturated carbocycles. The van der Waals surface area contributed by atoms with Crippen LogP contribution in [0.5, 0.6) is 0 Å². The zero-order chi connectivity index (χ0) is 13.0. The Bertz CT molecular complexity index is 383. The normalized spacial score (nSPS) is 25.9. The number of alkyl halides is 1. The number of ether oxygens (including phenoxy) is 1. The lowest BCUT2D eigenvalue weighted by Gasteiger charge is -2.30. The van der Waals surface area contributed by atoms with Crippen molar-refractivity contribution >= 4 is 38.5 Å². The molecule has 0 aliphatic heterocycles. The minimum Gasteiger partial charge on any atom is -0.369 e. The Morgan fingerprint density at radius 3 is 2.83 bits per heavy atom. The molecule has 1 fully saturated rings. The Labute approximate surface area is 132 Å². The maximum absolute atomic E-state index is 6.34. The van der Waals surface area contributed by atoms with Crippen LogP contribution >= 0.6 is 38.5 Å². The highest BCUT2D eigenvalue weighted by Gasteiger charge is 2.23. The van der Waals surface area contributed by atoms with Gasteiger partial charge < -0.3 is 4.74 Å². The molecule has 1 aromatic carbocycles. The van der Waals surface area contributed by atoms with Crippen LogP contribution in [0.2, 0.25) is 0 Å². The molecule has 0 radical (unpaired) electrons. The smallest absolute Gasteiger partial charge is 0.0928 e. The van der Waals surface area contributed by atoms with Gasteiger partial charge in [0.25, 0.3) is 0 Å². The summed E-state index contributed by atoms with van der Waals surface area (Å²) in [6, 6.07) is 8.41. The molecule has 3 heteroatoms. The van der Waals surface area contributed by atoms with Gasteiger partial charge >= 0.3 is 0 Å². The van der Waals surface area contributed by atoms with E-state index in [1.807, 2.05) is 0 Å². The summed E-state index contributed by atoms with van der Waals surface area (Å²) < 4.78 is 8.51. The third-order valence-electron chi connectivity index (χ3n) is 3.64. The Morgan fingerprint density at radius 1 is 1.39 bits per heavy atom. The second-order valence-corrected chi connectivity index (χ2v) is 6.93. The number of hydrogen-bond donors (Lipinski definition) is 0. The van der Waals surface area contributed by atoms with Gasteiger partial charge in [-0.2, -0.15) is 0 Å². The molecular weight excluding hydrogens is 403 g/mol. The van der Waals surface area contributed by atoms with E-state index in [1.54, 1.807) is 0 Å². The monoisotopic (exact) mass is 422 g/mol. The Hall–Kier alpha value is 0.390. The zero-order valence-corrected chi connectivity index (χ0v) is 14.5. The quantitative estimate of drug-likeness (QED) is 0.458. The topological polar surface area (TPSA) is 9.23 Å². The van der Waals surface area contributed by atoms with Crippen LogP contribution in [0.3, 0.4) is 0 Å². The van der Waals surface area contributed by atoms with Crippen LogP contribution in [0.25, 0.3) is 0 Å². The lowest BCUT2D eigenvalue weighted by molar-refractivity contribution is -0.0285. The molecule has 0 bridgehead atoms. The lowest BCUT2D eigenvalue weighted by atomic mass is 9.88. The maximum Gasteiger partial charge on any atom is 0.0928 e. The molecule has 1 aliphatic carbocycles. The van der Waals surface area contributed by atoms with Gasteiger partial charge in [-0.1, -0.05) is 76.5 Å². The number of rotatable bonds is 4. The first-order valence-electron chi connectivity index (χ1n) is 6.66. The van der Waals surface area contributed by atoms with Gasteiger partial charge in [0.05, 0.1) is 12.2 Å². The molecule has 1 aliphatic rings. The van der Waals surface area contributed by atoms with E-state index in [-0.39, 0.29) is 6.10 Å². The van der Waals surface area contributed by atoms with Gasteiger partial charge in [-0.25, -0.2) is 0 Å². The van der Waals surface area contributed by atoms with E-state index in [0.717, 1.165) is 14.8 Å². The summed E-state index contributed by atoms with van der Waals surface area (Å²) >= 11 is 6.06. The van der Waals surface area contributed by atoms with Gasteiger partial charge in [-0.05, 0) is 30.4 Å². The molecule has 100 valence electrons. The first-order valence-corrected chi connectivity index (χ1v) is 8.98. The van der Waals surface area contributed by atoms with Crippen molar-refractivity contribution in [3.63, 3.8) is 0 Å². The Morgan fingerprint density at radius 2 is 2.17 bits per heavy atom. The second-order valence-electron chi connectivity index (χ2n) is 5.19. The minimum absolute atomic E-state index is 0.219.